The van der Waals surface area contributed by atoms with E-state index < -0.39 is 63.8 Å². The Hall–Kier alpha value is -0.530. The first-order valence-corrected chi connectivity index (χ1v) is 9.69. The Kier molecular flexibility index (Phi) is 6.85. The number of carbonyl (C=O) groups is 1. The van der Waals surface area contributed by atoms with Crippen LogP contribution in [0.25, 0.3) is 0 Å². The number of amides is 1. The third-order valence-electron chi connectivity index (χ3n) is 3.19. The zero-order valence-corrected chi connectivity index (χ0v) is 14.3. The van der Waals surface area contributed by atoms with Gasteiger partial charge in [0.05, 0.1) is 6.61 Å². The molecule has 1 rings (SSSR count). The Morgan fingerprint density at radius 1 is 1.24 bits per heavy atom. The third kappa shape index (κ3) is 4.61. The summed E-state index contributed by atoms with van der Waals surface area (Å²) in [6, 6.07) is -1.86. The van der Waals surface area contributed by atoms with Crippen molar-refractivity contribution in [2.24, 2.45) is 0 Å². The highest BCUT2D eigenvalue weighted by Gasteiger charge is 2.66. The molecule has 148 valence electrons. The van der Waals surface area contributed by atoms with E-state index >= 15 is 0 Å². The summed E-state index contributed by atoms with van der Waals surface area (Å²) in [5, 5.41) is 25.0. The molecule has 0 aromatic rings. The van der Waals surface area contributed by atoms with E-state index in [2.05, 4.69) is 4.52 Å². The number of hydrogen-bond acceptors (Lipinski definition) is 8. The van der Waals surface area contributed by atoms with E-state index in [1.165, 1.54) is 0 Å². The fourth-order valence-corrected chi connectivity index (χ4v) is 3.98. The van der Waals surface area contributed by atoms with Gasteiger partial charge in [0.2, 0.25) is 5.91 Å². The summed E-state index contributed by atoms with van der Waals surface area (Å²) in [5.74, 6) is -0.884. The maximum absolute atomic E-state index is 13.5. The molecule has 0 aliphatic carbocycles. The van der Waals surface area contributed by atoms with Gasteiger partial charge in [0.15, 0.2) is 6.29 Å². The van der Waals surface area contributed by atoms with Crippen molar-refractivity contribution in [2.45, 2.75) is 43.0 Å². The summed E-state index contributed by atoms with van der Waals surface area (Å²) in [4.78, 5) is 37.4. The van der Waals surface area contributed by atoms with E-state index in [0.29, 0.717) is 0 Å². The van der Waals surface area contributed by atoms with E-state index in [4.69, 9.17) is 19.6 Å². The van der Waals surface area contributed by atoms with E-state index in [1.54, 1.807) is 0 Å². The molecule has 0 bridgehead atoms. The van der Waals surface area contributed by atoms with Crippen molar-refractivity contribution in [3.8, 4) is 0 Å². The van der Waals surface area contributed by atoms with Gasteiger partial charge in [-0.05, 0) is 0 Å². The second-order valence-corrected chi connectivity index (χ2v) is 8.93. The number of nitrogens with one attached hydrogen (secondary N) is 1. The minimum atomic E-state index is -6.43. The number of hydrogen-bond donors (Lipinski definition) is 7. The number of ether oxygens (including phenoxy) is 1. The number of carbonyl (C=O) groups excluding carboxylic acids is 1. The summed E-state index contributed by atoms with van der Waals surface area (Å²) < 4.78 is 58.2. The lowest BCUT2D eigenvalue weighted by Gasteiger charge is -2.42. The monoisotopic (exact) mass is 415 g/mol. The Balaban J connectivity index is 3.18. The first-order valence-electron chi connectivity index (χ1n) is 6.50. The fraction of sp³-hybridized carbons (Fsp3) is 0.889. The van der Waals surface area contributed by atoms with Crippen molar-refractivity contribution in [1.82, 2.24) is 5.32 Å². The van der Waals surface area contributed by atoms with Crippen LogP contribution in [0.3, 0.4) is 0 Å². The third-order valence-corrected chi connectivity index (χ3v) is 6.60. The lowest BCUT2D eigenvalue weighted by atomic mass is 9.97. The highest BCUT2D eigenvalue weighted by molar-refractivity contribution is 7.72. The summed E-state index contributed by atoms with van der Waals surface area (Å²) in [5.41, 5.74) is 0. The van der Waals surface area contributed by atoms with Crippen LogP contribution in [-0.4, -0.2) is 78.6 Å². The maximum atomic E-state index is 13.5. The molecule has 0 spiro atoms. The van der Waals surface area contributed by atoms with Gasteiger partial charge in [0.25, 0.3) is 0 Å². The molecule has 1 aliphatic rings. The molecule has 0 aromatic carbocycles. The summed E-state index contributed by atoms with van der Waals surface area (Å²) in [6.07, 6.45) is -7.81. The first-order chi connectivity index (χ1) is 11.2. The van der Waals surface area contributed by atoms with Crippen LogP contribution >= 0.6 is 15.2 Å². The minimum absolute atomic E-state index is 0.884. The van der Waals surface area contributed by atoms with Crippen LogP contribution in [0.1, 0.15) is 6.92 Å². The molecule has 0 saturated carbocycles. The van der Waals surface area contributed by atoms with E-state index in [-0.39, 0.29) is 0 Å². The number of aliphatic hydroxyl groups excluding tert-OH is 3. The summed E-state index contributed by atoms with van der Waals surface area (Å²) in [7, 11) is -12.8. The largest absolute Gasteiger partial charge is 0.443 e. The lowest BCUT2D eigenvalue weighted by Crippen LogP contribution is -2.64. The molecule has 1 amide bonds. The van der Waals surface area contributed by atoms with Crippen molar-refractivity contribution in [3.05, 3.63) is 0 Å². The van der Waals surface area contributed by atoms with Crippen LogP contribution in [0, 0.1) is 0 Å². The quantitative estimate of drug-likeness (QED) is 0.233. The van der Waals surface area contributed by atoms with Gasteiger partial charge < -0.3 is 40.1 Å². The highest BCUT2D eigenvalue weighted by atomic mass is 31.2. The normalized spacial score (nSPS) is 33.6. The van der Waals surface area contributed by atoms with Crippen LogP contribution in [-0.2, 0) is 23.2 Å². The second kappa shape index (κ2) is 7.61. The zero-order valence-electron chi connectivity index (χ0n) is 12.5. The van der Waals surface area contributed by atoms with Crippen molar-refractivity contribution in [3.63, 3.8) is 0 Å². The van der Waals surface area contributed by atoms with E-state index in [1.807, 2.05) is 5.32 Å². The number of halogens is 2. The molecular formula is C9H17F2NO11P2. The van der Waals surface area contributed by atoms with Crippen LogP contribution in [0.2, 0.25) is 0 Å². The van der Waals surface area contributed by atoms with Gasteiger partial charge >= 0.3 is 20.6 Å². The van der Waals surface area contributed by atoms with Gasteiger partial charge in [0.1, 0.15) is 24.4 Å². The summed E-state index contributed by atoms with van der Waals surface area (Å²) in [6.45, 7) is -0.0629. The smallest absolute Gasteiger partial charge is 0.394 e. The molecule has 1 saturated heterocycles. The van der Waals surface area contributed by atoms with Gasteiger partial charge in [-0.1, -0.05) is 0 Å². The molecule has 6 atom stereocenters. The molecule has 16 heteroatoms. The molecular weight excluding hydrogens is 398 g/mol. The number of aliphatic hydroxyl groups is 3. The standard InChI is InChI=1S/C9H17F2NO11P2/c1-3(14)12-5-7(16)6(15)4(2-13)22-8(5)23-25(20,21)9(10,11)24(17,18)19/h4-8,13,15-16H,2H2,1H3,(H,12,14)(H,20,21)(H2,17,18,19)/t4-,5-,6+,7-,8?/m1/s1. The lowest BCUT2D eigenvalue weighted by molar-refractivity contribution is -0.247. The van der Waals surface area contributed by atoms with Crippen molar-refractivity contribution in [2.75, 3.05) is 6.61 Å². The molecule has 12 nitrogen and oxygen atoms in total. The van der Waals surface area contributed by atoms with E-state index in [9.17, 15) is 37.8 Å². The molecule has 1 fully saturated rings. The Morgan fingerprint density at radius 3 is 2.16 bits per heavy atom. The predicted molar refractivity (Wildman–Crippen MR) is 73.3 cm³/mol. The number of alkyl halides is 2. The molecule has 7 N–H and O–H groups in total. The van der Waals surface area contributed by atoms with Crippen LogP contribution in [0.4, 0.5) is 8.78 Å². The van der Waals surface area contributed by atoms with Crippen LogP contribution in [0.15, 0.2) is 0 Å². The molecule has 25 heavy (non-hydrogen) atoms. The molecule has 2 unspecified atom stereocenters. The zero-order chi connectivity index (χ0) is 19.8. The highest BCUT2D eigenvalue weighted by Crippen LogP contribution is 2.73. The van der Waals surface area contributed by atoms with Crippen LogP contribution in [0.5, 0.6) is 0 Å². The summed E-state index contributed by atoms with van der Waals surface area (Å²) >= 11 is 0. The average molecular weight is 415 g/mol. The Bertz CT molecular complexity index is 598. The van der Waals surface area contributed by atoms with Crippen molar-refractivity contribution >= 4 is 21.1 Å². The minimum Gasteiger partial charge on any atom is -0.394 e. The topological polar surface area (TPSA) is 203 Å². The first kappa shape index (κ1) is 22.5. The molecule has 1 heterocycles. The average Bonchev–Trinajstić information content (AvgIpc) is 2.44. The van der Waals surface area contributed by atoms with E-state index in [0.717, 1.165) is 6.92 Å². The van der Waals surface area contributed by atoms with Gasteiger partial charge in [-0.25, -0.2) is 0 Å². The second-order valence-electron chi connectivity index (χ2n) is 5.11. The fourth-order valence-electron chi connectivity index (χ4n) is 1.93. The number of rotatable bonds is 6. The van der Waals surface area contributed by atoms with Crippen molar-refractivity contribution in [1.29, 1.82) is 0 Å². The molecule has 0 aromatic heterocycles. The van der Waals surface area contributed by atoms with Crippen molar-refractivity contribution < 1.29 is 62.0 Å². The SMILES string of the molecule is CC(=O)N[C@H]1C(OP(=O)(O)C(F)(F)P(=O)(O)O)O[C@H](CO)[C@H](O)[C@@H]1O. The molecule has 0 radical (unpaired) electrons. The van der Waals surface area contributed by atoms with Gasteiger partial charge in [0, 0.05) is 6.92 Å². The van der Waals surface area contributed by atoms with Gasteiger partial charge in [-0.3, -0.25) is 18.4 Å². The Morgan fingerprint density at radius 2 is 1.76 bits per heavy atom. The Labute approximate surface area is 139 Å². The van der Waals surface area contributed by atoms with Gasteiger partial charge in [-0.15, -0.1) is 0 Å². The van der Waals surface area contributed by atoms with Gasteiger partial charge in [-0.2, -0.15) is 8.78 Å². The molecule has 1 aliphatic heterocycles. The predicted octanol–water partition coefficient (Wildman–Crippen LogP) is -2.14. The maximum Gasteiger partial charge on any atom is 0.443 e. The van der Waals surface area contributed by atoms with Crippen LogP contribution < -0.4 is 5.32 Å².